The highest BCUT2D eigenvalue weighted by Gasteiger charge is 2.33. The van der Waals surface area contributed by atoms with Crippen molar-refractivity contribution in [3.8, 4) is 0 Å². The molecule has 0 aromatic heterocycles. The summed E-state index contributed by atoms with van der Waals surface area (Å²) < 4.78 is 13.2. The molecule has 3 N–H and O–H groups in total. The van der Waals surface area contributed by atoms with Crippen LogP contribution in [-0.2, 0) is 29.2 Å². The van der Waals surface area contributed by atoms with Gasteiger partial charge in [-0.3, -0.25) is 4.90 Å². The molecule has 1 heterocycles. The fourth-order valence-corrected chi connectivity index (χ4v) is 5.25. The van der Waals surface area contributed by atoms with Crippen molar-refractivity contribution in [2.24, 2.45) is 0 Å². The molecule has 0 saturated carbocycles. The molecule has 0 aliphatic carbocycles. The van der Waals surface area contributed by atoms with Gasteiger partial charge in [-0.05, 0) is 41.3 Å². The summed E-state index contributed by atoms with van der Waals surface area (Å²) in [4.78, 5) is 14.4. The Morgan fingerprint density at radius 1 is 0.786 bits per heavy atom. The van der Waals surface area contributed by atoms with Crippen LogP contribution in [-0.4, -0.2) is 35.2 Å². The lowest BCUT2D eigenvalue weighted by molar-refractivity contribution is -0.253. The number of benzene rings is 4. The second kappa shape index (κ2) is 14.8. The number of hydrogen-bond acceptors (Lipinski definition) is 5. The first-order valence-electron chi connectivity index (χ1n) is 14.5. The van der Waals surface area contributed by atoms with E-state index in [0.717, 1.165) is 36.3 Å². The largest absolute Gasteiger partial charge is 0.392 e. The van der Waals surface area contributed by atoms with E-state index in [2.05, 4.69) is 64.1 Å². The molecular weight excluding hydrogens is 526 g/mol. The van der Waals surface area contributed by atoms with Gasteiger partial charge >= 0.3 is 6.03 Å². The normalized spacial score (nSPS) is 18.5. The highest BCUT2D eigenvalue weighted by Crippen LogP contribution is 2.38. The topological polar surface area (TPSA) is 83.1 Å². The number of amides is 2. The number of nitrogens with zero attached hydrogens (tertiary/aromatic N) is 1. The van der Waals surface area contributed by atoms with Gasteiger partial charge in [0.2, 0.25) is 0 Å². The third-order valence-corrected chi connectivity index (χ3v) is 7.35. The van der Waals surface area contributed by atoms with E-state index >= 15 is 0 Å². The Kier molecular flexibility index (Phi) is 10.4. The number of aliphatic hydroxyl groups excluding tert-OH is 1. The number of ether oxygens (including phenoxy) is 2. The molecule has 218 valence electrons. The summed E-state index contributed by atoms with van der Waals surface area (Å²) in [5.74, 6) is 0. The molecule has 3 atom stereocenters. The maximum Gasteiger partial charge on any atom is 0.319 e. The molecule has 0 unspecified atom stereocenters. The predicted octanol–water partition coefficient (Wildman–Crippen LogP) is 6.57. The first-order valence-corrected chi connectivity index (χ1v) is 14.5. The van der Waals surface area contributed by atoms with Crippen molar-refractivity contribution in [3.05, 3.63) is 137 Å². The Morgan fingerprint density at radius 2 is 1.38 bits per heavy atom. The average Bonchev–Trinajstić information content (AvgIpc) is 3.02. The van der Waals surface area contributed by atoms with Crippen molar-refractivity contribution >= 4 is 11.7 Å². The number of carbonyl (C=O) groups is 1. The minimum atomic E-state index is -0.569. The number of anilines is 1. The quantitative estimate of drug-likeness (QED) is 0.192. The third-order valence-electron chi connectivity index (χ3n) is 7.35. The smallest absolute Gasteiger partial charge is 0.319 e. The van der Waals surface area contributed by atoms with Gasteiger partial charge < -0.3 is 25.2 Å². The molecule has 0 bridgehead atoms. The molecular formula is C35H39N3O4. The van der Waals surface area contributed by atoms with Crippen LogP contribution in [0.5, 0.6) is 0 Å². The molecule has 1 aliphatic rings. The van der Waals surface area contributed by atoms with E-state index in [4.69, 9.17) is 9.47 Å². The van der Waals surface area contributed by atoms with Crippen LogP contribution in [0.25, 0.3) is 0 Å². The van der Waals surface area contributed by atoms with Crippen LogP contribution in [0, 0.1) is 0 Å². The lowest BCUT2D eigenvalue weighted by Gasteiger charge is -2.38. The van der Waals surface area contributed by atoms with Crippen molar-refractivity contribution in [3.63, 3.8) is 0 Å². The fraction of sp³-hybridized carbons (Fsp3) is 0.286. The SMILES string of the molecule is CCNC(=O)Nc1ccc([C@H]2O[C@@H](CN(Cc3ccccc3)Cc3ccccc3)C[C@@H](c3ccc(CO)cc3)O2)cc1. The highest BCUT2D eigenvalue weighted by atomic mass is 16.7. The second-order valence-corrected chi connectivity index (χ2v) is 10.6. The average molecular weight is 566 g/mol. The van der Waals surface area contributed by atoms with Gasteiger partial charge in [-0.2, -0.15) is 0 Å². The van der Waals surface area contributed by atoms with E-state index < -0.39 is 6.29 Å². The number of nitrogens with one attached hydrogen (secondary N) is 2. The summed E-state index contributed by atoms with van der Waals surface area (Å²) in [6.45, 7) is 4.78. The number of aliphatic hydroxyl groups is 1. The molecule has 4 aromatic rings. The van der Waals surface area contributed by atoms with Crippen LogP contribution in [0.2, 0.25) is 0 Å². The van der Waals surface area contributed by atoms with Gasteiger partial charge in [0.05, 0.1) is 18.8 Å². The van der Waals surface area contributed by atoms with Crippen LogP contribution in [0.1, 0.15) is 53.6 Å². The van der Waals surface area contributed by atoms with E-state index in [9.17, 15) is 9.90 Å². The van der Waals surface area contributed by atoms with Gasteiger partial charge in [0.25, 0.3) is 0 Å². The zero-order valence-corrected chi connectivity index (χ0v) is 24.0. The Balaban J connectivity index is 1.37. The summed E-state index contributed by atoms with van der Waals surface area (Å²) in [5, 5.41) is 15.1. The molecule has 2 amide bonds. The maximum atomic E-state index is 12.0. The molecule has 7 heteroatoms. The number of hydrogen-bond donors (Lipinski definition) is 3. The van der Waals surface area contributed by atoms with E-state index in [1.54, 1.807) is 0 Å². The van der Waals surface area contributed by atoms with Gasteiger partial charge in [-0.1, -0.05) is 97.1 Å². The molecule has 0 spiro atoms. The molecule has 1 fully saturated rings. The van der Waals surface area contributed by atoms with Crippen LogP contribution >= 0.6 is 0 Å². The zero-order chi connectivity index (χ0) is 29.1. The molecule has 0 radical (unpaired) electrons. The number of urea groups is 1. The highest BCUT2D eigenvalue weighted by molar-refractivity contribution is 5.89. The van der Waals surface area contributed by atoms with Crippen LogP contribution in [0.3, 0.4) is 0 Å². The van der Waals surface area contributed by atoms with Crippen molar-refractivity contribution in [2.45, 2.75) is 51.5 Å². The van der Waals surface area contributed by atoms with E-state index in [1.165, 1.54) is 11.1 Å². The van der Waals surface area contributed by atoms with E-state index in [1.807, 2.05) is 67.6 Å². The number of carbonyl (C=O) groups excluding carboxylic acids is 1. The van der Waals surface area contributed by atoms with Crippen LogP contribution < -0.4 is 10.6 Å². The van der Waals surface area contributed by atoms with Crippen molar-refractivity contribution < 1.29 is 19.4 Å². The number of rotatable bonds is 11. The monoisotopic (exact) mass is 565 g/mol. The first-order chi connectivity index (χ1) is 20.6. The van der Waals surface area contributed by atoms with Crippen molar-refractivity contribution in [1.82, 2.24) is 10.2 Å². The molecule has 1 aliphatic heterocycles. The van der Waals surface area contributed by atoms with Gasteiger partial charge in [0, 0.05) is 43.9 Å². The van der Waals surface area contributed by atoms with E-state index in [0.29, 0.717) is 18.7 Å². The van der Waals surface area contributed by atoms with Crippen LogP contribution in [0.15, 0.2) is 109 Å². The van der Waals surface area contributed by atoms with Gasteiger partial charge in [0.1, 0.15) is 0 Å². The van der Waals surface area contributed by atoms with Gasteiger partial charge in [0.15, 0.2) is 6.29 Å². The molecule has 1 saturated heterocycles. The van der Waals surface area contributed by atoms with Gasteiger partial charge in [-0.15, -0.1) is 0 Å². The van der Waals surface area contributed by atoms with Gasteiger partial charge in [-0.25, -0.2) is 4.79 Å². The lowest BCUT2D eigenvalue weighted by Crippen LogP contribution is -2.39. The first kappa shape index (κ1) is 29.5. The predicted molar refractivity (Wildman–Crippen MR) is 165 cm³/mol. The van der Waals surface area contributed by atoms with Crippen molar-refractivity contribution in [2.75, 3.05) is 18.4 Å². The Morgan fingerprint density at radius 3 is 1.95 bits per heavy atom. The Labute approximate surface area is 248 Å². The summed E-state index contributed by atoms with van der Waals surface area (Å²) in [7, 11) is 0. The molecule has 4 aromatic carbocycles. The Bertz CT molecular complexity index is 1340. The minimum absolute atomic E-state index is 0.00472. The van der Waals surface area contributed by atoms with E-state index in [-0.39, 0.29) is 24.8 Å². The van der Waals surface area contributed by atoms with Crippen molar-refractivity contribution in [1.29, 1.82) is 0 Å². The van der Waals surface area contributed by atoms with Crippen LogP contribution in [0.4, 0.5) is 10.5 Å². The zero-order valence-electron chi connectivity index (χ0n) is 24.0. The Hall–Kier alpha value is -4.01. The minimum Gasteiger partial charge on any atom is -0.392 e. The lowest BCUT2D eigenvalue weighted by atomic mass is 9.99. The molecule has 5 rings (SSSR count). The third kappa shape index (κ3) is 8.27. The summed E-state index contributed by atoms with van der Waals surface area (Å²) in [6, 6.07) is 36.3. The molecule has 7 nitrogen and oxygen atoms in total. The summed E-state index contributed by atoms with van der Waals surface area (Å²) >= 11 is 0. The maximum absolute atomic E-state index is 12.0. The second-order valence-electron chi connectivity index (χ2n) is 10.6. The summed E-state index contributed by atoms with van der Waals surface area (Å²) in [5.41, 5.74) is 6.01. The summed E-state index contributed by atoms with van der Waals surface area (Å²) in [6.07, 6.45) is -0.136. The molecule has 42 heavy (non-hydrogen) atoms. The fourth-order valence-electron chi connectivity index (χ4n) is 5.25. The standard InChI is InChI=1S/C35H39N3O4/c1-2-36-35(40)37-31-19-17-30(18-20-31)34-41-32(21-33(42-34)29-15-13-28(25-39)14-16-29)24-38(22-26-9-5-3-6-10-26)23-27-11-7-4-8-12-27/h3-20,32-34,39H,2,21-25H2,1H3,(H2,36,37,40)/t32-,33+,34+/m1/s1.